The molecule has 8 nitrogen and oxygen atoms in total. The highest BCUT2D eigenvalue weighted by Gasteiger charge is 2.35. The number of methoxy groups -OCH3 is 1. The Hall–Kier alpha value is -1.94. The molecule has 1 aliphatic rings. The number of aromatic nitrogens is 3. The summed E-state index contributed by atoms with van der Waals surface area (Å²) in [7, 11) is 1.59. The quantitative estimate of drug-likeness (QED) is 0.783. The number of piperidine rings is 1. The van der Waals surface area contributed by atoms with Crippen molar-refractivity contribution in [3.63, 3.8) is 0 Å². The van der Waals surface area contributed by atoms with E-state index in [1.54, 1.807) is 13.3 Å². The van der Waals surface area contributed by atoms with E-state index in [9.17, 15) is 9.90 Å². The van der Waals surface area contributed by atoms with E-state index in [0.717, 1.165) is 10.6 Å². The first-order valence-corrected chi connectivity index (χ1v) is 9.29. The van der Waals surface area contributed by atoms with Crippen molar-refractivity contribution in [1.29, 1.82) is 0 Å². The Morgan fingerprint density at radius 1 is 1.38 bits per heavy atom. The molecule has 0 spiro atoms. The number of carbonyl (C=O) groups excluding carboxylic acids is 1. The first-order valence-electron chi connectivity index (χ1n) is 8.47. The molecule has 2 aromatic heterocycles. The lowest BCUT2D eigenvalue weighted by atomic mass is 9.87. The van der Waals surface area contributed by atoms with E-state index in [1.165, 1.54) is 11.3 Å². The lowest BCUT2D eigenvalue weighted by Crippen LogP contribution is -2.45. The first kappa shape index (κ1) is 18.8. The number of pyridine rings is 1. The van der Waals surface area contributed by atoms with Crippen molar-refractivity contribution in [1.82, 2.24) is 20.1 Å². The summed E-state index contributed by atoms with van der Waals surface area (Å²) in [6.07, 6.45) is 2.87. The van der Waals surface area contributed by atoms with Gasteiger partial charge in [-0.25, -0.2) is 0 Å². The number of rotatable bonds is 6. The molecule has 0 radical (unpaired) electrons. The SMILES string of the molecule is COCc1nnc(NC(=O)CN2CCC(O)(c3ccc(C)cn3)CC2)s1. The third kappa shape index (κ3) is 4.61. The number of anilines is 1. The number of likely N-dealkylation sites (tertiary alicyclic amines) is 1. The lowest BCUT2D eigenvalue weighted by Gasteiger charge is -2.37. The van der Waals surface area contributed by atoms with Gasteiger partial charge < -0.3 is 9.84 Å². The molecular formula is C17H23N5O3S. The minimum Gasteiger partial charge on any atom is -0.383 e. The summed E-state index contributed by atoms with van der Waals surface area (Å²) in [4.78, 5) is 18.6. The van der Waals surface area contributed by atoms with E-state index >= 15 is 0 Å². The maximum absolute atomic E-state index is 12.2. The van der Waals surface area contributed by atoms with Crippen LogP contribution in [0.15, 0.2) is 18.3 Å². The summed E-state index contributed by atoms with van der Waals surface area (Å²) in [6, 6.07) is 3.84. The molecule has 0 aromatic carbocycles. The van der Waals surface area contributed by atoms with Crippen LogP contribution in [0.4, 0.5) is 5.13 Å². The van der Waals surface area contributed by atoms with Crippen LogP contribution in [-0.4, -0.2) is 57.8 Å². The van der Waals surface area contributed by atoms with Crippen LogP contribution in [0, 0.1) is 6.92 Å². The van der Waals surface area contributed by atoms with E-state index in [-0.39, 0.29) is 12.5 Å². The van der Waals surface area contributed by atoms with Gasteiger partial charge in [-0.1, -0.05) is 17.4 Å². The fraction of sp³-hybridized carbons (Fsp3) is 0.529. The minimum absolute atomic E-state index is 0.135. The van der Waals surface area contributed by atoms with Crippen LogP contribution >= 0.6 is 11.3 Å². The Bertz CT molecular complexity index is 741. The molecule has 3 rings (SSSR count). The molecule has 1 saturated heterocycles. The smallest absolute Gasteiger partial charge is 0.240 e. The van der Waals surface area contributed by atoms with Gasteiger partial charge in [-0.3, -0.25) is 20.0 Å². The Morgan fingerprint density at radius 3 is 2.81 bits per heavy atom. The van der Waals surface area contributed by atoms with Gasteiger partial charge in [0.15, 0.2) is 0 Å². The molecule has 9 heteroatoms. The molecule has 26 heavy (non-hydrogen) atoms. The number of ether oxygens (including phenoxy) is 1. The molecule has 0 aliphatic carbocycles. The highest BCUT2D eigenvalue weighted by Crippen LogP contribution is 2.31. The molecule has 0 atom stereocenters. The van der Waals surface area contributed by atoms with Crippen molar-refractivity contribution in [3.8, 4) is 0 Å². The minimum atomic E-state index is -0.922. The first-order chi connectivity index (χ1) is 12.5. The van der Waals surface area contributed by atoms with Gasteiger partial charge in [-0.15, -0.1) is 10.2 Å². The Balaban J connectivity index is 1.50. The fourth-order valence-corrected chi connectivity index (χ4v) is 3.66. The van der Waals surface area contributed by atoms with Crippen molar-refractivity contribution in [2.45, 2.75) is 32.0 Å². The van der Waals surface area contributed by atoms with Gasteiger partial charge in [0.05, 0.1) is 12.2 Å². The third-order valence-corrected chi connectivity index (χ3v) is 5.23. The number of hydrogen-bond acceptors (Lipinski definition) is 8. The van der Waals surface area contributed by atoms with Crippen molar-refractivity contribution in [2.75, 3.05) is 32.1 Å². The van der Waals surface area contributed by atoms with Gasteiger partial charge >= 0.3 is 0 Å². The molecule has 0 unspecified atom stereocenters. The van der Waals surface area contributed by atoms with Crippen LogP contribution in [0.2, 0.25) is 0 Å². The molecule has 1 amide bonds. The van der Waals surface area contributed by atoms with E-state index < -0.39 is 5.60 Å². The molecule has 1 fully saturated rings. The lowest BCUT2D eigenvalue weighted by molar-refractivity contribution is -0.118. The van der Waals surface area contributed by atoms with Gasteiger partial charge in [0.1, 0.15) is 17.2 Å². The maximum atomic E-state index is 12.2. The molecule has 1 aliphatic heterocycles. The number of carbonyl (C=O) groups is 1. The summed E-state index contributed by atoms with van der Waals surface area (Å²) in [5, 5.41) is 22.7. The zero-order chi connectivity index (χ0) is 18.6. The van der Waals surface area contributed by atoms with Crippen LogP contribution in [0.3, 0.4) is 0 Å². The summed E-state index contributed by atoms with van der Waals surface area (Å²) in [6.45, 7) is 3.87. The highest BCUT2D eigenvalue weighted by molar-refractivity contribution is 7.15. The van der Waals surface area contributed by atoms with Crippen LogP contribution in [0.5, 0.6) is 0 Å². The molecule has 3 heterocycles. The molecular weight excluding hydrogens is 354 g/mol. The zero-order valence-electron chi connectivity index (χ0n) is 14.9. The van der Waals surface area contributed by atoms with Gasteiger partial charge in [-0.05, 0) is 31.4 Å². The topological polar surface area (TPSA) is 100 Å². The normalized spacial score (nSPS) is 17.2. The van der Waals surface area contributed by atoms with E-state index in [0.29, 0.717) is 43.4 Å². The highest BCUT2D eigenvalue weighted by atomic mass is 32.1. The fourth-order valence-electron chi connectivity index (χ4n) is 2.93. The Morgan fingerprint density at radius 2 is 2.15 bits per heavy atom. The second-order valence-corrected chi connectivity index (χ2v) is 7.57. The molecule has 2 aromatic rings. The summed E-state index contributed by atoms with van der Waals surface area (Å²) in [5.74, 6) is -0.135. The summed E-state index contributed by atoms with van der Waals surface area (Å²) < 4.78 is 4.99. The van der Waals surface area contributed by atoms with Crippen LogP contribution < -0.4 is 5.32 Å². The van der Waals surface area contributed by atoms with Crippen molar-refractivity contribution in [3.05, 3.63) is 34.6 Å². The average Bonchev–Trinajstić information content (AvgIpc) is 3.05. The monoisotopic (exact) mass is 377 g/mol. The van der Waals surface area contributed by atoms with Crippen LogP contribution in [-0.2, 0) is 21.7 Å². The van der Waals surface area contributed by atoms with Crippen molar-refractivity contribution < 1.29 is 14.6 Å². The van der Waals surface area contributed by atoms with E-state index in [2.05, 4.69) is 20.5 Å². The maximum Gasteiger partial charge on any atom is 0.240 e. The number of amides is 1. The van der Waals surface area contributed by atoms with Crippen molar-refractivity contribution in [2.24, 2.45) is 0 Å². The second-order valence-electron chi connectivity index (χ2n) is 6.51. The average molecular weight is 377 g/mol. The molecule has 2 N–H and O–H groups in total. The van der Waals surface area contributed by atoms with E-state index in [4.69, 9.17) is 4.74 Å². The van der Waals surface area contributed by atoms with Crippen LogP contribution in [0.25, 0.3) is 0 Å². The predicted molar refractivity (Wildman–Crippen MR) is 97.8 cm³/mol. The number of aryl methyl sites for hydroxylation is 1. The summed E-state index contributed by atoms with van der Waals surface area (Å²) in [5.41, 5.74) is 0.845. The van der Waals surface area contributed by atoms with Crippen molar-refractivity contribution >= 4 is 22.4 Å². The molecule has 0 bridgehead atoms. The number of nitrogens with zero attached hydrogens (tertiary/aromatic N) is 4. The largest absolute Gasteiger partial charge is 0.383 e. The number of hydrogen-bond donors (Lipinski definition) is 2. The van der Waals surface area contributed by atoms with Gasteiger partial charge in [0, 0.05) is 26.4 Å². The third-order valence-electron chi connectivity index (χ3n) is 4.42. The Labute approximate surface area is 156 Å². The molecule has 0 saturated carbocycles. The van der Waals surface area contributed by atoms with Gasteiger partial charge in [-0.2, -0.15) is 0 Å². The van der Waals surface area contributed by atoms with E-state index in [1.807, 2.05) is 24.0 Å². The second kappa shape index (κ2) is 8.17. The number of aliphatic hydroxyl groups is 1. The summed E-state index contributed by atoms with van der Waals surface area (Å²) >= 11 is 1.30. The standard InChI is InChI=1S/C17H23N5O3S/c1-12-3-4-13(18-9-12)17(24)5-7-22(8-6-17)10-14(23)19-16-21-20-15(26-16)11-25-2/h3-4,9,24H,5-8,10-11H2,1-2H3,(H,19,21,23). The zero-order valence-corrected chi connectivity index (χ0v) is 15.8. The molecule has 140 valence electrons. The van der Waals surface area contributed by atoms with Gasteiger partial charge in [0.25, 0.3) is 0 Å². The number of nitrogens with one attached hydrogen (secondary N) is 1. The Kier molecular flexibility index (Phi) is 5.92. The van der Waals surface area contributed by atoms with Gasteiger partial charge in [0.2, 0.25) is 11.0 Å². The van der Waals surface area contributed by atoms with Crippen LogP contribution in [0.1, 0.15) is 29.1 Å². The predicted octanol–water partition coefficient (Wildman–Crippen LogP) is 1.31.